The van der Waals surface area contributed by atoms with Crippen LogP contribution in [0.3, 0.4) is 0 Å². The fourth-order valence-electron chi connectivity index (χ4n) is 1.03. The van der Waals surface area contributed by atoms with E-state index in [9.17, 15) is 5.11 Å². The lowest BCUT2D eigenvalue weighted by Crippen LogP contribution is -2.04. The summed E-state index contributed by atoms with van der Waals surface area (Å²) in [6.45, 7) is 2.75. The van der Waals surface area contributed by atoms with Gasteiger partial charge in [-0.1, -0.05) is 12.1 Å². The number of nitrogens with one attached hydrogen (secondary N) is 1. The Morgan fingerprint density at radius 1 is 1.45 bits per heavy atom. The molecular formula is C9H13NO. The van der Waals surface area contributed by atoms with Gasteiger partial charge in [-0.3, -0.25) is 0 Å². The molecule has 0 aliphatic carbocycles. The topological polar surface area (TPSA) is 32.3 Å². The molecule has 0 aliphatic heterocycles. The molecule has 0 saturated carbocycles. The first-order valence-corrected chi connectivity index (χ1v) is 3.67. The second-order valence-electron chi connectivity index (χ2n) is 2.65. The molecule has 1 rings (SSSR count). The summed E-state index contributed by atoms with van der Waals surface area (Å²) in [6, 6.07) is 5.62. The molecule has 0 aromatic heterocycles. The van der Waals surface area contributed by atoms with Crippen LogP contribution in [0.5, 0.6) is 5.75 Å². The number of phenolic OH excluding ortho intramolecular Hbond substituents is 1. The maximum absolute atomic E-state index is 9.19. The highest BCUT2D eigenvalue weighted by atomic mass is 16.3. The van der Waals surface area contributed by atoms with Gasteiger partial charge in [-0.25, -0.2) is 0 Å². The van der Waals surface area contributed by atoms with Crippen molar-refractivity contribution in [3.8, 4) is 5.75 Å². The predicted molar refractivity (Wildman–Crippen MR) is 45.6 cm³/mol. The molecule has 0 amide bonds. The molecule has 0 unspecified atom stereocenters. The molecule has 0 fully saturated rings. The highest BCUT2D eigenvalue weighted by Crippen LogP contribution is 2.16. The van der Waals surface area contributed by atoms with Gasteiger partial charge in [0.05, 0.1) is 0 Å². The molecule has 0 atom stereocenters. The first-order chi connectivity index (χ1) is 5.24. The van der Waals surface area contributed by atoms with Crippen molar-refractivity contribution in [2.45, 2.75) is 13.5 Å². The summed E-state index contributed by atoms with van der Waals surface area (Å²) in [7, 11) is 1.90. The van der Waals surface area contributed by atoms with Crippen molar-refractivity contribution in [3.05, 3.63) is 29.3 Å². The molecule has 2 nitrogen and oxygen atoms in total. The van der Waals surface area contributed by atoms with Crippen LogP contribution >= 0.6 is 0 Å². The van der Waals surface area contributed by atoms with Gasteiger partial charge in [-0.2, -0.15) is 0 Å². The van der Waals surface area contributed by atoms with Crippen LogP contribution in [0.25, 0.3) is 0 Å². The Hall–Kier alpha value is -1.02. The highest BCUT2D eigenvalue weighted by molar-refractivity contribution is 5.34. The van der Waals surface area contributed by atoms with Crippen LogP contribution in [-0.4, -0.2) is 12.2 Å². The summed E-state index contributed by atoms with van der Waals surface area (Å²) in [5, 5.41) is 12.2. The van der Waals surface area contributed by atoms with Gasteiger partial charge in [-0.05, 0) is 31.2 Å². The van der Waals surface area contributed by atoms with Crippen LogP contribution in [0.1, 0.15) is 11.1 Å². The van der Waals surface area contributed by atoms with Crippen molar-refractivity contribution >= 4 is 0 Å². The first kappa shape index (κ1) is 8.08. The van der Waals surface area contributed by atoms with Crippen molar-refractivity contribution in [2.75, 3.05) is 7.05 Å². The number of rotatable bonds is 2. The molecule has 60 valence electrons. The highest BCUT2D eigenvalue weighted by Gasteiger charge is 1.95. The fraction of sp³-hybridized carbons (Fsp3) is 0.333. The lowest BCUT2D eigenvalue weighted by atomic mass is 10.1. The maximum atomic E-state index is 9.19. The Morgan fingerprint density at radius 2 is 2.18 bits per heavy atom. The Kier molecular flexibility index (Phi) is 2.49. The van der Waals surface area contributed by atoms with Crippen molar-refractivity contribution in [1.29, 1.82) is 0 Å². The third-order valence-electron chi connectivity index (χ3n) is 1.64. The molecule has 1 aromatic carbocycles. The van der Waals surface area contributed by atoms with E-state index in [1.807, 2.05) is 26.1 Å². The Balaban J connectivity index is 2.86. The van der Waals surface area contributed by atoms with Crippen LogP contribution in [0, 0.1) is 6.92 Å². The first-order valence-electron chi connectivity index (χ1n) is 3.67. The number of aryl methyl sites for hydroxylation is 1. The molecule has 2 heteroatoms. The van der Waals surface area contributed by atoms with Gasteiger partial charge >= 0.3 is 0 Å². The molecule has 1 aromatic rings. The minimum atomic E-state index is 0.366. The zero-order valence-electron chi connectivity index (χ0n) is 6.89. The summed E-state index contributed by atoms with van der Waals surface area (Å²) in [4.78, 5) is 0. The monoisotopic (exact) mass is 151 g/mol. The van der Waals surface area contributed by atoms with E-state index in [-0.39, 0.29) is 0 Å². The summed E-state index contributed by atoms with van der Waals surface area (Å²) in [6.07, 6.45) is 0. The zero-order chi connectivity index (χ0) is 8.27. The van der Waals surface area contributed by atoms with Gasteiger partial charge in [0.15, 0.2) is 0 Å². The van der Waals surface area contributed by atoms with Crippen LogP contribution in [0.15, 0.2) is 18.2 Å². The number of hydrogen-bond acceptors (Lipinski definition) is 2. The fourth-order valence-corrected chi connectivity index (χ4v) is 1.03. The van der Waals surface area contributed by atoms with Gasteiger partial charge in [-0.15, -0.1) is 0 Å². The van der Waals surface area contributed by atoms with Crippen molar-refractivity contribution in [3.63, 3.8) is 0 Å². The van der Waals surface area contributed by atoms with E-state index in [1.54, 1.807) is 6.07 Å². The second-order valence-corrected chi connectivity index (χ2v) is 2.65. The van der Waals surface area contributed by atoms with Gasteiger partial charge < -0.3 is 10.4 Å². The predicted octanol–water partition coefficient (Wildman–Crippen LogP) is 1.42. The lowest BCUT2D eigenvalue weighted by molar-refractivity contribution is 0.470. The Bertz CT molecular complexity index is 245. The number of hydrogen-bond donors (Lipinski definition) is 2. The van der Waals surface area contributed by atoms with Gasteiger partial charge in [0.2, 0.25) is 0 Å². The third kappa shape index (κ3) is 1.95. The van der Waals surface area contributed by atoms with Crippen LogP contribution in [0.4, 0.5) is 0 Å². The molecule has 0 heterocycles. The van der Waals surface area contributed by atoms with E-state index in [0.29, 0.717) is 5.75 Å². The van der Waals surface area contributed by atoms with Crippen molar-refractivity contribution in [2.24, 2.45) is 0 Å². The Morgan fingerprint density at radius 3 is 2.73 bits per heavy atom. The van der Waals surface area contributed by atoms with Crippen molar-refractivity contribution < 1.29 is 5.11 Å². The van der Waals surface area contributed by atoms with E-state index >= 15 is 0 Å². The lowest BCUT2D eigenvalue weighted by Gasteiger charge is -2.02. The molecule has 11 heavy (non-hydrogen) atoms. The maximum Gasteiger partial charge on any atom is 0.118 e. The molecule has 2 N–H and O–H groups in total. The van der Waals surface area contributed by atoms with E-state index in [0.717, 1.165) is 12.1 Å². The van der Waals surface area contributed by atoms with Crippen LogP contribution < -0.4 is 5.32 Å². The quantitative estimate of drug-likeness (QED) is 0.670. The largest absolute Gasteiger partial charge is 0.508 e. The van der Waals surface area contributed by atoms with Crippen molar-refractivity contribution in [1.82, 2.24) is 5.32 Å². The molecular weight excluding hydrogens is 138 g/mol. The third-order valence-corrected chi connectivity index (χ3v) is 1.64. The Labute approximate surface area is 66.9 Å². The van der Waals surface area contributed by atoms with Gasteiger partial charge in [0.25, 0.3) is 0 Å². The summed E-state index contributed by atoms with van der Waals surface area (Å²) >= 11 is 0. The second kappa shape index (κ2) is 3.39. The molecule has 0 bridgehead atoms. The van der Waals surface area contributed by atoms with E-state index in [4.69, 9.17) is 0 Å². The molecule has 0 aliphatic rings. The standard InChI is InChI=1S/C9H13NO/c1-7-5-8(6-10-2)3-4-9(7)11/h3-5,10-11H,6H2,1-2H3. The van der Waals surface area contributed by atoms with Gasteiger partial charge in [0, 0.05) is 6.54 Å². The summed E-state index contributed by atoms with van der Waals surface area (Å²) in [5.74, 6) is 0.366. The van der Waals surface area contributed by atoms with E-state index < -0.39 is 0 Å². The normalized spacial score (nSPS) is 10.0. The molecule has 0 radical (unpaired) electrons. The molecule has 0 spiro atoms. The minimum absolute atomic E-state index is 0.366. The average molecular weight is 151 g/mol. The van der Waals surface area contributed by atoms with E-state index in [1.165, 1.54) is 5.56 Å². The van der Waals surface area contributed by atoms with Crippen LogP contribution in [0.2, 0.25) is 0 Å². The number of benzene rings is 1. The smallest absolute Gasteiger partial charge is 0.118 e. The van der Waals surface area contributed by atoms with Crippen LogP contribution in [-0.2, 0) is 6.54 Å². The SMILES string of the molecule is CNCc1ccc(O)c(C)c1. The van der Waals surface area contributed by atoms with Gasteiger partial charge in [0.1, 0.15) is 5.75 Å². The average Bonchev–Trinajstić information content (AvgIpc) is 1.98. The van der Waals surface area contributed by atoms with E-state index in [2.05, 4.69) is 5.32 Å². The number of aromatic hydroxyl groups is 1. The molecule has 0 saturated heterocycles. The summed E-state index contributed by atoms with van der Waals surface area (Å²) in [5.41, 5.74) is 2.13. The number of phenols is 1. The minimum Gasteiger partial charge on any atom is -0.508 e. The zero-order valence-corrected chi connectivity index (χ0v) is 6.89. The summed E-state index contributed by atoms with van der Waals surface area (Å²) < 4.78 is 0.